The van der Waals surface area contributed by atoms with Gasteiger partial charge in [0.1, 0.15) is 13.2 Å². The molecule has 0 saturated carbocycles. The van der Waals surface area contributed by atoms with E-state index in [2.05, 4.69) is 69.4 Å². The van der Waals surface area contributed by atoms with E-state index in [1.165, 1.54) is 161 Å². The van der Waals surface area contributed by atoms with Gasteiger partial charge in [-0.15, -0.1) is 0 Å². The van der Waals surface area contributed by atoms with Gasteiger partial charge in [0, 0.05) is 19.3 Å². The molecule has 1 atom stereocenters. The zero-order valence-corrected chi connectivity index (χ0v) is 43.3. The molecule has 0 aliphatic carbocycles. The van der Waals surface area contributed by atoms with E-state index in [4.69, 9.17) is 14.2 Å². The second kappa shape index (κ2) is 54.0. The molecule has 0 saturated heterocycles. The molecule has 6 nitrogen and oxygen atoms in total. The van der Waals surface area contributed by atoms with E-state index in [0.29, 0.717) is 19.3 Å². The Labute approximate surface area is 403 Å². The number of esters is 3. The molecule has 0 aromatic rings. The van der Waals surface area contributed by atoms with Crippen LogP contribution < -0.4 is 0 Å². The first kappa shape index (κ1) is 62.4. The maximum Gasteiger partial charge on any atom is 0.306 e. The fourth-order valence-electron chi connectivity index (χ4n) is 8.14. The van der Waals surface area contributed by atoms with Crippen LogP contribution in [0.25, 0.3) is 0 Å². The smallest absolute Gasteiger partial charge is 0.306 e. The normalized spacial score (nSPS) is 12.4. The second-order valence-electron chi connectivity index (χ2n) is 18.8. The number of unbranched alkanes of at least 4 members (excludes halogenated alkanes) is 32. The Morgan fingerprint density at radius 1 is 0.323 bits per heavy atom. The summed E-state index contributed by atoms with van der Waals surface area (Å²) in [6.07, 6.45) is 66.0. The molecule has 0 fully saturated rings. The predicted molar refractivity (Wildman–Crippen MR) is 279 cm³/mol. The molecule has 378 valence electrons. The Morgan fingerprint density at radius 2 is 0.600 bits per heavy atom. The second-order valence-corrected chi connectivity index (χ2v) is 18.8. The topological polar surface area (TPSA) is 78.9 Å². The van der Waals surface area contributed by atoms with Gasteiger partial charge in [-0.3, -0.25) is 14.4 Å². The standard InChI is InChI=1S/C59H106O6/c1-4-7-10-13-15-17-19-20-21-22-23-24-25-26-27-28-29-30-31-32-33-34-35-36-37-38-40-41-43-46-49-52-58(61)64-55-56(54-63-57(60)51-48-45-12-9-6-3)65-59(62)53-50-47-44-42-39-18-16-14-11-8-5-2/h7,10,15,17,20-21,23-24,56H,4-6,8-9,11-14,16,18-19,22,25-55H2,1-3H3/b10-7-,17-15-,21-20-,24-23-. The van der Waals surface area contributed by atoms with Crippen molar-refractivity contribution in [2.75, 3.05) is 13.2 Å². The number of hydrogen-bond donors (Lipinski definition) is 0. The molecule has 0 aliphatic rings. The van der Waals surface area contributed by atoms with Crippen molar-refractivity contribution in [3.05, 3.63) is 48.6 Å². The van der Waals surface area contributed by atoms with Crippen molar-refractivity contribution in [3.8, 4) is 0 Å². The number of carbonyl (C=O) groups excluding carboxylic acids is 3. The summed E-state index contributed by atoms with van der Waals surface area (Å²) in [5.41, 5.74) is 0. The Kier molecular flexibility index (Phi) is 51.8. The molecule has 0 radical (unpaired) electrons. The van der Waals surface area contributed by atoms with E-state index in [9.17, 15) is 14.4 Å². The molecule has 0 N–H and O–H groups in total. The third-order valence-electron chi connectivity index (χ3n) is 12.3. The lowest BCUT2D eigenvalue weighted by molar-refractivity contribution is -0.167. The number of carbonyl (C=O) groups is 3. The molecule has 0 spiro atoms. The van der Waals surface area contributed by atoms with E-state index < -0.39 is 6.10 Å². The van der Waals surface area contributed by atoms with Gasteiger partial charge in [-0.2, -0.15) is 0 Å². The van der Waals surface area contributed by atoms with E-state index in [1.807, 2.05) is 0 Å². The molecule has 6 heteroatoms. The SMILES string of the molecule is CC/C=C\C/C=C\C/C=C\C/C=C\CCCCCCCCCCCCCCCCCCCCC(=O)OCC(COC(=O)CCCCCCC)OC(=O)CCCCCCCCCCCCC. The van der Waals surface area contributed by atoms with Gasteiger partial charge in [0.15, 0.2) is 6.10 Å². The molecular formula is C59H106O6. The van der Waals surface area contributed by atoms with Crippen molar-refractivity contribution >= 4 is 17.9 Å². The van der Waals surface area contributed by atoms with Crippen molar-refractivity contribution in [1.82, 2.24) is 0 Å². The quantitative estimate of drug-likeness (QED) is 0.0262. The largest absolute Gasteiger partial charge is 0.462 e. The molecule has 1 unspecified atom stereocenters. The van der Waals surface area contributed by atoms with Crippen LogP contribution in [0.5, 0.6) is 0 Å². The molecule has 65 heavy (non-hydrogen) atoms. The first-order valence-electron chi connectivity index (χ1n) is 28.1. The summed E-state index contributed by atoms with van der Waals surface area (Å²) in [6.45, 7) is 6.46. The minimum absolute atomic E-state index is 0.0682. The molecule has 0 aromatic heterocycles. The maximum absolute atomic E-state index is 12.7. The van der Waals surface area contributed by atoms with Crippen LogP contribution in [0, 0.1) is 0 Å². The fourth-order valence-corrected chi connectivity index (χ4v) is 8.14. The third-order valence-corrected chi connectivity index (χ3v) is 12.3. The van der Waals surface area contributed by atoms with E-state index >= 15 is 0 Å². The zero-order valence-electron chi connectivity index (χ0n) is 43.3. The number of ether oxygens (including phenoxy) is 3. The monoisotopic (exact) mass is 911 g/mol. The van der Waals surface area contributed by atoms with Crippen molar-refractivity contribution in [1.29, 1.82) is 0 Å². The van der Waals surface area contributed by atoms with Gasteiger partial charge < -0.3 is 14.2 Å². The summed E-state index contributed by atoms with van der Waals surface area (Å²) in [7, 11) is 0. The minimum Gasteiger partial charge on any atom is -0.462 e. The van der Waals surface area contributed by atoms with Crippen LogP contribution in [0.4, 0.5) is 0 Å². The summed E-state index contributed by atoms with van der Waals surface area (Å²) >= 11 is 0. The Bertz CT molecular complexity index is 1140. The molecular weight excluding hydrogens is 805 g/mol. The summed E-state index contributed by atoms with van der Waals surface area (Å²) < 4.78 is 16.7. The van der Waals surface area contributed by atoms with Gasteiger partial charge in [-0.25, -0.2) is 0 Å². The van der Waals surface area contributed by atoms with Crippen LogP contribution in [0.1, 0.15) is 290 Å². The maximum atomic E-state index is 12.7. The third kappa shape index (κ3) is 52.2. The highest BCUT2D eigenvalue weighted by Gasteiger charge is 2.19. The number of hydrogen-bond acceptors (Lipinski definition) is 6. The molecule has 0 bridgehead atoms. The van der Waals surface area contributed by atoms with Gasteiger partial charge in [0.2, 0.25) is 0 Å². The molecule has 0 rings (SSSR count). The van der Waals surface area contributed by atoms with E-state index in [-0.39, 0.29) is 31.1 Å². The van der Waals surface area contributed by atoms with Gasteiger partial charge in [-0.1, -0.05) is 262 Å². The van der Waals surface area contributed by atoms with Crippen molar-refractivity contribution < 1.29 is 28.6 Å². The van der Waals surface area contributed by atoms with E-state index in [1.54, 1.807) is 0 Å². The van der Waals surface area contributed by atoms with Crippen LogP contribution in [0.2, 0.25) is 0 Å². The van der Waals surface area contributed by atoms with Crippen molar-refractivity contribution in [2.45, 2.75) is 297 Å². The Morgan fingerprint density at radius 3 is 0.938 bits per heavy atom. The fraction of sp³-hybridized carbons (Fsp3) is 0.814. The molecule has 0 aromatic carbocycles. The van der Waals surface area contributed by atoms with Crippen molar-refractivity contribution in [3.63, 3.8) is 0 Å². The highest BCUT2D eigenvalue weighted by Crippen LogP contribution is 2.17. The average Bonchev–Trinajstić information content (AvgIpc) is 3.30. The summed E-state index contributed by atoms with van der Waals surface area (Å²) in [5, 5.41) is 0. The first-order chi connectivity index (χ1) is 32.0. The van der Waals surface area contributed by atoms with Gasteiger partial charge in [-0.05, 0) is 57.8 Å². The number of allylic oxidation sites excluding steroid dienone is 8. The van der Waals surface area contributed by atoms with Crippen LogP contribution >= 0.6 is 0 Å². The van der Waals surface area contributed by atoms with Crippen LogP contribution in [0.3, 0.4) is 0 Å². The summed E-state index contributed by atoms with van der Waals surface area (Å²) in [6, 6.07) is 0. The lowest BCUT2D eigenvalue weighted by Crippen LogP contribution is -2.30. The minimum atomic E-state index is -0.762. The lowest BCUT2D eigenvalue weighted by Gasteiger charge is -2.18. The van der Waals surface area contributed by atoms with E-state index in [0.717, 1.165) is 89.9 Å². The van der Waals surface area contributed by atoms with Crippen LogP contribution in [0.15, 0.2) is 48.6 Å². The Balaban J connectivity index is 3.89. The average molecular weight is 911 g/mol. The van der Waals surface area contributed by atoms with Gasteiger partial charge >= 0.3 is 17.9 Å². The van der Waals surface area contributed by atoms with Crippen LogP contribution in [-0.4, -0.2) is 37.2 Å². The lowest BCUT2D eigenvalue weighted by atomic mass is 10.0. The van der Waals surface area contributed by atoms with Crippen LogP contribution in [-0.2, 0) is 28.6 Å². The molecule has 0 heterocycles. The van der Waals surface area contributed by atoms with Gasteiger partial charge in [0.05, 0.1) is 0 Å². The highest BCUT2D eigenvalue weighted by atomic mass is 16.6. The summed E-state index contributed by atoms with van der Waals surface area (Å²) in [5.74, 6) is -0.872. The zero-order chi connectivity index (χ0) is 47.2. The first-order valence-corrected chi connectivity index (χ1v) is 28.1. The Hall–Kier alpha value is -2.63. The van der Waals surface area contributed by atoms with Gasteiger partial charge in [0.25, 0.3) is 0 Å². The highest BCUT2D eigenvalue weighted by molar-refractivity contribution is 5.71. The molecule has 0 aliphatic heterocycles. The molecule has 0 amide bonds. The van der Waals surface area contributed by atoms with Crippen molar-refractivity contribution in [2.24, 2.45) is 0 Å². The predicted octanol–water partition coefficient (Wildman–Crippen LogP) is 18.7. The summed E-state index contributed by atoms with van der Waals surface area (Å²) in [4.78, 5) is 37.6. The number of rotatable bonds is 51.